The standard InChI is InChI=1S/C17H16N4O4S/c1-12-16(11-18-20(12)13-6-4-3-5-7-13)19-15-9-8-14(26(2,24)25)10-17(15)21(22)23/h3-11,19H,1-2H3. The van der Waals surface area contributed by atoms with Crippen LogP contribution in [0.1, 0.15) is 5.69 Å². The first kappa shape index (κ1) is 17.6. The van der Waals surface area contributed by atoms with Crippen LogP contribution >= 0.6 is 0 Å². The molecule has 3 aromatic rings. The monoisotopic (exact) mass is 372 g/mol. The van der Waals surface area contributed by atoms with E-state index in [1.54, 1.807) is 10.9 Å². The van der Waals surface area contributed by atoms with Gasteiger partial charge in [-0.05, 0) is 31.2 Å². The number of benzene rings is 2. The third-order valence-corrected chi connectivity index (χ3v) is 4.98. The van der Waals surface area contributed by atoms with E-state index < -0.39 is 14.8 Å². The fourth-order valence-corrected chi connectivity index (χ4v) is 3.15. The highest BCUT2D eigenvalue weighted by molar-refractivity contribution is 7.90. The number of aromatic nitrogens is 2. The predicted octanol–water partition coefficient (Wildman–Crippen LogP) is 3.24. The molecule has 3 rings (SSSR count). The third-order valence-electron chi connectivity index (χ3n) is 3.87. The summed E-state index contributed by atoms with van der Waals surface area (Å²) in [6.45, 7) is 1.83. The van der Waals surface area contributed by atoms with Gasteiger partial charge in [0.15, 0.2) is 9.84 Å². The minimum atomic E-state index is -3.54. The lowest BCUT2D eigenvalue weighted by Crippen LogP contribution is -2.03. The molecule has 134 valence electrons. The van der Waals surface area contributed by atoms with Gasteiger partial charge in [0.2, 0.25) is 0 Å². The number of hydrogen-bond donors (Lipinski definition) is 1. The smallest absolute Gasteiger partial charge is 0.293 e. The maximum atomic E-state index is 11.6. The lowest BCUT2D eigenvalue weighted by Gasteiger charge is -2.09. The minimum Gasteiger partial charge on any atom is -0.347 e. The second kappa shape index (κ2) is 6.60. The van der Waals surface area contributed by atoms with Crippen molar-refractivity contribution in [2.45, 2.75) is 11.8 Å². The molecular weight excluding hydrogens is 356 g/mol. The van der Waals surface area contributed by atoms with E-state index in [1.807, 2.05) is 37.3 Å². The molecule has 0 saturated carbocycles. The molecule has 0 fully saturated rings. The van der Waals surface area contributed by atoms with E-state index in [9.17, 15) is 18.5 Å². The van der Waals surface area contributed by atoms with E-state index in [-0.39, 0.29) is 16.3 Å². The molecular formula is C17H16N4O4S. The van der Waals surface area contributed by atoms with E-state index in [1.165, 1.54) is 12.1 Å². The van der Waals surface area contributed by atoms with Crippen molar-refractivity contribution in [2.75, 3.05) is 11.6 Å². The Morgan fingerprint density at radius 3 is 2.42 bits per heavy atom. The number of para-hydroxylation sites is 1. The Labute approximate surface area is 150 Å². The lowest BCUT2D eigenvalue weighted by atomic mass is 10.2. The number of anilines is 2. The average Bonchev–Trinajstić information content (AvgIpc) is 2.95. The van der Waals surface area contributed by atoms with Crippen molar-refractivity contribution >= 4 is 26.9 Å². The van der Waals surface area contributed by atoms with Crippen molar-refractivity contribution in [2.24, 2.45) is 0 Å². The Kier molecular flexibility index (Phi) is 4.47. The van der Waals surface area contributed by atoms with Crippen molar-refractivity contribution in [3.63, 3.8) is 0 Å². The molecule has 8 nitrogen and oxygen atoms in total. The summed E-state index contributed by atoms with van der Waals surface area (Å²) >= 11 is 0. The molecule has 0 unspecified atom stereocenters. The van der Waals surface area contributed by atoms with E-state index in [2.05, 4.69) is 10.4 Å². The van der Waals surface area contributed by atoms with Gasteiger partial charge in [-0.3, -0.25) is 10.1 Å². The average molecular weight is 372 g/mol. The van der Waals surface area contributed by atoms with Crippen molar-refractivity contribution in [3.8, 4) is 5.69 Å². The summed E-state index contributed by atoms with van der Waals surface area (Å²) in [6.07, 6.45) is 2.57. The molecule has 0 saturated heterocycles. The second-order valence-corrected chi connectivity index (χ2v) is 7.74. The van der Waals surface area contributed by atoms with E-state index in [0.29, 0.717) is 5.69 Å². The highest BCUT2D eigenvalue weighted by atomic mass is 32.2. The van der Waals surface area contributed by atoms with Crippen LogP contribution in [0.2, 0.25) is 0 Å². The molecule has 1 heterocycles. The number of nitrogens with one attached hydrogen (secondary N) is 1. The van der Waals surface area contributed by atoms with Gasteiger partial charge in [-0.25, -0.2) is 13.1 Å². The van der Waals surface area contributed by atoms with Crippen molar-refractivity contribution in [1.29, 1.82) is 0 Å². The van der Waals surface area contributed by atoms with Crippen molar-refractivity contribution in [1.82, 2.24) is 9.78 Å². The summed E-state index contributed by atoms with van der Waals surface area (Å²) in [7, 11) is -3.54. The first-order chi connectivity index (χ1) is 12.3. The molecule has 0 atom stereocenters. The largest absolute Gasteiger partial charge is 0.347 e. The van der Waals surface area contributed by atoms with Crippen LogP contribution in [0.5, 0.6) is 0 Å². The molecule has 0 radical (unpaired) electrons. The molecule has 0 amide bonds. The van der Waals surface area contributed by atoms with Crippen molar-refractivity contribution in [3.05, 3.63) is 70.5 Å². The molecule has 0 aliphatic heterocycles. The van der Waals surface area contributed by atoms with Gasteiger partial charge in [-0.15, -0.1) is 0 Å². The quantitative estimate of drug-likeness (QED) is 0.544. The summed E-state index contributed by atoms with van der Waals surface area (Å²) in [5, 5.41) is 18.6. The minimum absolute atomic E-state index is 0.105. The highest BCUT2D eigenvalue weighted by Gasteiger charge is 2.20. The summed E-state index contributed by atoms with van der Waals surface area (Å²) in [4.78, 5) is 10.6. The third kappa shape index (κ3) is 3.42. The van der Waals surface area contributed by atoms with Gasteiger partial charge in [-0.1, -0.05) is 18.2 Å². The molecule has 0 aliphatic rings. The predicted molar refractivity (Wildman–Crippen MR) is 97.8 cm³/mol. The maximum Gasteiger partial charge on any atom is 0.293 e. The van der Waals surface area contributed by atoms with Crippen molar-refractivity contribution < 1.29 is 13.3 Å². The molecule has 0 spiro atoms. The molecule has 1 aromatic heterocycles. The number of sulfone groups is 1. The molecule has 9 heteroatoms. The Morgan fingerprint density at radius 1 is 1.12 bits per heavy atom. The summed E-state index contributed by atoms with van der Waals surface area (Å²) < 4.78 is 25.0. The SMILES string of the molecule is Cc1c(Nc2ccc(S(C)(=O)=O)cc2[N+](=O)[O-])cnn1-c1ccccc1. The van der Waals surface area contributed by atoms with Gasteiger partial charge in [0.25, 0.3) is 5.69 Å². The van der Waals surface area contributed by atoms with Crippen LogP contribution in [0.3, 0.4) is 0 Å². The zero-order chi connectivity index (χ0) is 18.9. The Bertz CT molecular complexity index is 1080. The van der Waals surface area contributed by atoms with Crippen LogP contribution in [0, 0.1) is 17.0 Å². The Balaban J connectivity index is 2.00. The van der Waals surface area contributed by atoms with E-state index in [0.717, 1.165) is 23.7 Å². The number of nitro benzene ring substituents is 1. The zero-order valence-corrected chi connectivity index (χ0v) is 14.9. The van der Waals surface area contributed by atoms with Crippen LogP contribution < -0.4 is 5.32 Å². The Hall–Kier alpha value is -3.20. The number of nitro groups is 1. The highest BCUT2D eigenvalue weighted by Crippen LogP contribution is 2.31. The van der Waals surface area contributed by atoms with Crippen LogP contribution in [0.15, 0.2) is 59.6 Å². The number of hydrogen-bond acceptors (Lipinski definition) is 6. The van der Waals surface area contributed by atoms with Gasteiger partial charge in [-0.2, -0.15) is 5.10 Å². The second-order valence-electron chi connectivity index (χ2n) is 5.72. The number of nitrogens with zero attached hydrogens (tertiary/aromatic N) is 3. The molecule has 1 N–H and O–H groups in total. The van der Waals surface area contributed by atoms with Gasteiger partial charge in [0.1, 0.15) is 5.69 Å². The Morgan fingerprint density at radius 2 is 1.81 bits per heavy atom. The first-order valence-corrected chi connectivity index (χ1v) is 9.52. The fraction of sp³-hybridized carbons (Fsp3) is 0.118. The van der Waals surface area contributed by atoms with Crippen LogP contribution in [0.4, 0.5) is 17.1 Å². The van der Waals surface area contributed by atoms with Gasteiger partial charge in [0, 0.05) is 12.3 Å². The summed E-state index contributed by atoms with van der Waals surface area (Å²) in [6, 6.07) is 13.2. The van der Waals surface area contributed by atoms with Crippen LogP contribution in [-0.4, -0.2) is 29.4 Å². The lowest BCUT2D eigenvalue weighted by molar-refractivity contribution is -0.384. The normalized spacial score (nSPS) is 11.3. The first-order valence-electron chi connectivity index (χ1n) is 7.63. The molecule has 2 aromatic carbocycles. The van der Waals surface area contributed by atoms with Crippen LogP contribution in [-0.2, 0) is 9.84 Å². The maximum absolute atomic E-state index is 11.6. The summed E-state index contributed by atoms with van der Waals surface area (Å²) in [5.74, 6) is 0. The molecule has 0 aliphatic carbocycles. The number of rotatable bonds is 5. The topological polar surface area (TPSA) is 107 Å². The van der Waals surface area contributed by atoms with E-state index >= 15 is 0 Å². The van der Waals surface area contributed by atoms with Crippen LogP contribution in [0.25, 0.3) is 5.69 Å². The summed E-state index contributed by atoms with van der Waals surface area (Å²) in [5.41, 5.74) is 2.08. The molecule has 0 bridgehead atoms. The van der Waals surface area contributed by atoms with Gasteiger partial charge < -0.3 is 5.32 Å². The van der Waals surface area contributed by atoms with Gasteiger partial charge in [0.05, 0.1) is 33.1 Å². The van der Waals surface area contributed by atoms with E-state index in [4.69, 9.17) is 0 Å². The fourth-order valence-electron chi connectivity index (χ4n) is 2.51. The van der Waals surface area contributed by atoms with Gasteiger partial charge >= 0.3 is 0 Å². The molecule has 26 heavy (non-hydrogen) atoms. The zero-order valence-electron chi connectivity index (χ0n) is 14.1.